The summed E-state index contributed by atoms with van der Waals surface area (Å²) in [5.41, 5.74) is -0.964. The quantitative estimate of drug-likeness (QED) is 0.842. The number of aromatic amines is 1. The molecule has 1 N–H and O–H groups in total. The van der Waals surface area contributed by atoms with Gasteiger partial charge in [-0.1, -0.05) is 0 Å². The number of hydrogen-bond acceptors (Lipinski definition) is 3. The lowest BCUT2D eigenvalue weighted by Gasteiger charge is -2.13. The molecule has 0 aliphatic rings. The molecule has 1 aromatic heterocycles. The van der Waals surface area contributed by atoms with Gasteiger partial charge in [-0.2, -0.15) is 5.26 Å². The second-order valence-corrected chi connectivity index (χ2v) is 2.99. The molecule has 0 radical (unpaired) electrons. The van der Waals surface area contributed by atoms with Crippen LogP contribution in [-0.4, -0.2) is 11.3 Å². The highest BCUT2D eigenvalue weighted by molar-refractivity contribution is 5.39. The van der Waals surface area contributed by atoms with E-state index in [1.165, 1.54) is 6.92 Å². The van der Waals surface area contributed by atoms with Crippen molar-refractivity contribution < 1.29 is 17.9 Å². The van der Waals surface area contributed by atoms with Gasteiger partial charge in [-0.3, -0.25) is 4.79 Å². The van der Waals surface area contributed by atoms with Gasteiger partial charge in [-0.05, 0) is 6.92 Å². The van der Waals surface area contributed by atoms with E-state index in [4.69, 9.17) is 5.26 Å². The fourth-order valence-electron chi connectivity index (χ4n) is 1.17. The first-order valence-electron chi connectivity index (χ1n) is 4.19. The van der Waals surface area contributed by atoms with Gasteiger partial charge in [0.15, 0.2) is 0 Å². The Morgan fingerprint density at radius 3 is 2.69 bits per heavy atom. The van der Waals surface area contributed by atoms with Gasteiger partial charge in [0.05, 0.1) is 18.1 Å². The Morgan fingerprint density at radius 1 is 1.56 bits per heavy atom. The lowest BCUT2D eigenvalue weighted by atomic mass is 10.1. The van der Waals surface area contributed by atoms with Gasteiger partial charge in [0.25, 0.3) is 5.56 Å². The van der Waals surface area contributed by atoms with Crippen LogP contribution in [0.1, 0.15) is 11.1 Å². The van der Waals surface area contributed by atoms with Gasteiger partial charge >= 0.3 is 6.36 Å². The second kappa shape index (κ2) is 4.26. The lowest BCUT2D eigenvalue weighted by molar-refractivity contribution is -0.275. The molecule has 0 saturated heterocycles. The molecular formula is C9H7F3N2O2. The molecule has 0 spiro atoms. The van der Waals surface area contributed by atoms with Crippen LogP contribution in [0, 0.1) is 18.3 Å². The van der Waals surface area contributed by atoms with Crippen molar-refractivity contribution in [2.45, 2.75) is 19.7 Å². The van der Waals surface area contributed by atoms with Crippen molar-refractivity contribution in [2.75, 3.05) is 0 Å². The van der Waals surface area contributed by atoms with Crippen LogP contribution < -0.4 is 10.3 Å². The zero-order valence-corrected chi connectivity index (χ0v) is 8.18. The summed E-state index contributed by atoms with van der Waals surface area (Å²) in [5.74, 6) is -0.599. The molecule has 4 nitrogen and oxygen atoms in total. The molecule has 0 unspecified atom stereocenters. The number of aryl methyl sites for hydroxylation is 1. The number of nitrogens with one attached hydrogen (secondary N) is 1. The highest BCUT2D eigenvalue weighted by Gasteiger charge is 2.33. The van der Waals surface area contributed by atoms with E-state index in [-0.39, 0.29) is 11.1 Å². The molecule has 7 heteroatoms. The molecule has 0 saturated carbocycles. The van der Waals surface area contributed by atoms with Gasteiger partial charge in [-0.25, -0.2) is 0 Å². The van der Waals surface area contributed by atoms with E-state index < -0.39 is 24.1 Å². The van der Waals surface area contributed by atoms with Crippen molar-refractivity contribution in [3.05, 3.63) is 27.7 Å². The topological polar surface area (TPSA) is 65.9 Å². The maximum atomic E-state index is 12.1. The first-order chi connectivity index (χ1) is 7.35. The average molecular weight is 232 g/mol. The second-order valence-electron chi connectivity index (χ2n) is 2.99. The van der Waals surface area contributed by atoms with Gasteiger partial charge in [0, 0.05) is 11.8 Å². The van der Waals surface area contributed by atoms with E-state index in [2.05, 4.69) is 9.72 Å². The van der Waals surface area contributed by atoms with Crippen LogP contribution in [0.15, 0.2) is 11.0 Å². The Morgan fingerprint density at radius 2 is 2.19 bits per heavy atom. The number of aromatic nitrogens is 1. The lowest BCUT2D eigenvalue weighted by Crippen LogP contribution is -2.22. The molecule has 0 amide bonds. The number of halogens is 3. The Balaban J connectivity index is 3.30. The van der Waals surface area contributed by atoms with Crippen molar-refractivity contribution in [3.8, 4) is 11.8 Å². The van der Waals surface area contributed by atoms with Gasteiger partial charge in [0.2, 0.25) is 0 Å². The van der Waals surface area contributed by atoms with E-state index in [0.29, 0.717) is 0 Å². The summed E-state index contributed by atoms with van der Waals surface area (Å²) in [5, 5.41) is 8.42. The van der Waals surface area contributed by atoms with E-state index in [1.807, 2.05) is 0 Å². The number of H-pyrrole nitrogens is 1. The average Bonchev–Trinajstić information content (AvgIpc) is 2.15. The molecule has 0 fully saturated rings. The predicted molar refractivity (Wildman–Crippen MR) is 47.8 cm³/mol. The molecule has 1 aromatic rings. The van der Waals surface area contributed by atoms with Crippen molar-refractivity contribution in [2.24, 2.45) is 0 Å². The monoisotopic (exact) mass is 232 g/mol. The largest absolute Gasteiger partial charge is 0.573 e. The standard InChI is InChI=1S/C9H7F3N2O2/c1-5-4-14-8(15)6(2-3-13)7(5)16-9(10,11)12/h4H,2H2,1H3,(H,14,15). The van der Waals surface area contributed by atoms with Crippen molar-refractivity contribution in [1.82, 2.24) is 4.98 Å². The van der Waals surface area contributed by atoms with Crippen molar-refractivity contribution >= 4 is 0 Å². The summed E-state index contributed by atoms with van der Waals surface area (Å²) in [4.78, 5) is 13.4. The fourth-order valence-corrected chi connectivity index (χ4v) is 1.17. The van der Waals surface area contributed by atoms with E-state index in [9.17, 15) is 18.0 Å². The SMILES string of the molecule is Cc1c[nH]c(=O)c(CC#N)c1OC(F)(F)F. The zero-order chi connectivity index (χ0) is 12.3. The fraction of sp³-hybridized carbons (Fsp3) is 0.333. The van der Waals surface area contributed by atoms with E-state index in [1.54, 1.807) is 6.07 Å². The maximum absolute atomic E-state index is 12.1. The number of nitrogens with zero attached hydrogens (tertiary/aromatic N) is 1. The number of nitriles is 1. The summed E-state index contributed by atoms with van der Waals surface area (Å²) in [6.07, 6.45) is -4.23. The Kier molecular flexibility index (Phi) is 3.22. The minimum Gasteiger partial charge on any atom is -0.405 e. The van der Waals surface area contributed by atoms with Crippen LogP contribution in [0.25, 0.3) is 0 Å². The molecule has 0 aliphatic heterocycles. The van der Waals surface area contributed by atoms with Crippen LogP contribution in [-0.2, 0) is 6.42 Å². The van der Waals surface area contributed by atoms with Crippen molar-refractivity contribution in [1.29, 1.82) is 5.26 Å². The zero-order valence-electron chi connectivity index (χ0n) is 8.18. The molecule has 0 bridgehead atoms. The maximum Gasteiger partial charge on any atom is 0.573 e. The minimum atomic E-state index is -4.89. The number of ether oxygens (including phenoxy) is 1. The Bertz CT molecular complexity index is 485. The smallest absolute Gasteiger partial charge is 0.405 e. The summed E-state index contributed by atoms with van der Waals surface area (Å²) >= 11 is 0. The predicted octanol–water partition coefficient (Wildman–Crippen LogP) is 1.65. The van der Waals surface area contributed by atoms with Gasteiger partial charge in [-0.15, -0.1) is 13.2 Å². The molecule has 86 valence electrons. The normalized spacial score (nSPS) is 10.9. The van der Waals surface area contributed by atoms with Crippen LogP contribution in [0.5, 0.6) is 5.75 Å². The van der Waals surface area contributed by atoms with Crippen LogP contribution in [0.4, 0.5) is 13.2 Å². The first kappa shape index (κ1) is 12.1. The number of alkyl halides is 3. The third-order valence-corrected chi connectivity index (χ3v) is 1.80. The molecule has 1 heterocycles. The number of pyridine rings is 1. The third-order valence-electron chi connectivity index (χ3n) is 1.80. The molecule has 0 aliphatic carbocycles. The summed E-state index contributed by atoms with van der Waals surface area (Å²) < 4.78 is 39.9. The highest BCUT2D eigenvalue weighted by Crippen LogP contribution is 2.27. The minimum absolute atomic E-state index is 0.113. The highest BCUT2D eigenvalue weighted by atomic mass is 19.4. The van der Waals surface area contributed by atoms with Crippen molar-refractivity contribution in [3.63, 3.8) is 0 Å². The summed E-state index contributed by atoms with van der Waals surface area (Å²) in [6.45, 7) is 1.35. The Hall–Kier alpha value is -1.97. The molecule has 0 aromatic carbocycles. The van der Waals surface area contributed by atoms with Crippen LogP contribution in [0.2, 0.25) is 0 Å². The molecule has 16 heavy (non-hydrogen) atoms. The molecule has 0 atom stereocenters. The molecular weight excluding hydrogens is 225 g/mol. The Labute approximate surface area is 88.3 Å². The first-order valence-corrected chi connectivity index (χ1v) is 4.19. The number of rotatable bonds is 2. The van der Waals surface area contributed by atoms with Crippen LogP contribution in [0.3, 0.4) is 0 Å². The summed E-state index contributed by atoms with van der Waals surface area (Å²) in [6, 6.07) is 1.61. The van der Waals surface area contributed by atoms with Crippen LogP contribution >= 0.6 is 0 Å². The molecule has 1 rings (SSSR count). The van der Waals surface area contributed by atoms with E-state index in [0.717, 1.165) is 6.20 Å². The van der Waals surface area contributed by atoms with Gasteiger partial charge in [0.1, 0.15) is 5.75 Å². The van der Waals surface area contributed by atoms with Gasteiger partial charge < -0.3 is 9.72 Å². The third kappa shape index (κ3) is 2.76. The number of hydrogen-bond donors (Lipinski definition) is 1. The summed E-state index contributed by atoms with van der Waals surface area (Å²) in [7, 11) is 0. The van der Waals surface area contributed by atoms with E-state index >= 15 is 0 Å².